The molecule has 16 heavy (non-hydrogen) atoms. The van der Waals surface area contributed by atoms with Gasteiger partial charge in [-0.3, -0.25) is 0 Å². The molecule has 1 saturated heterocycles. The van der Waals surface area contributed by atoms with Gasteiger partial charge in [0.2, 0.25) is 0 Å². The van der Waals surface area contributed by atoms with Crippen LogP contribution in [-0.4, -0.2) is 27.5 Å². The average Bonchev–Trinajstić information content (AvgIpc) is 2.24. The Morgan fingerprint density at radius 1 is 1.56 bits per heavy atom. The van der Waals surface area contributed by atoms with E-state index >= 15 is 0 Å². The maximum atomic E-state index is 13.0. The van der Waals surface area contributed by atoms with E-state index in [4.69, 9.17) is 6.42 Å². The molecule has 2 heterocycles. The molecular formula is C11H11F2N3. The standard InChI is InChI=1S/C11H11F2N3/c1-3-9-6-8(2)14-10(15-9)7-16-5-4-11(16,12)13/h1,6H,4-5,7H2,2H3. The Morgan fingerprint density at radius 2 is 2.31 bits per heavy atom. The van der Waals surface area contributed by atoms with E-state index < -0.39 is 6.05 Å². The Morgan fingerprint density at radius 3 is 2.81 bits per heavy atom. The first-order valence-corrected chi connectivity index (χ1v) is 4.95. The normalized spacial score (nSPS) is 18.9. The molecule has 0 spiro atoms. The van der Waals surface area contributed by atoms with Gasteiger partial charge in [0, 0.05) is 18.7 Å². The number of likely N-dealkylation sites (tertiary alicyclic amines) is 1. The van der Waals surface area contributed by atoms with E-state index in [9.17, 15) is 8.78 Å². The minimum Gasteiger partial charge on any atom is -0.237 e. The van der Waals surface area contributed by atoms with Crippen molar-refractivity contribution in [3.05, 3.63) is 23.3 Å². The third-order valence-electron chi connectivity index (χ3n) is 2.53. The van der Waals surface area contributed by atoms with Gasteiger partial charge in [0.1, 0.15) is 11.5 Å². The highest BCUT2D eigenvalue weighted by molar-refractivity contribution is 5.25. The molecule has 84 valence electrons. The predicted molar refractivity (Wildman–Crippen MR) is 54.7 cm³/mol. The molecule has 1 aliphatic heterocycles. The number of hydrogen-bond acceptors (Lipinski definition) is 3. The van der Waals surface area contributed by atoms with E-state index in [1.54, 1.807) is 13.0 Å². The van der Waals surface area contributed by atoms with Gasteiger partial charge >= 0.3 is 6.05 Å². The quantitative estimate of drug-likeness (QED) is 0.563. The van der Waals surface area contributed by atoms with Crippen LogP contribution in [0.3, 0.4) is 0 Å². The molecule has 0 N–H and O–H groups in total. The van der Waals surface area contributed by atoms with E-state index in [2.05, 4.69) is 15.9 Å². The Balaban J connectivity index is 2.16. The lowest BCUT2D eigenvalue weighted by atomic mass is 10.1. The summed E-state index contributed by atoms with van der Waals surface area (Å²) in [5.41, 5.74) is 1.13. The predicted octanol–water partition coefficient (Wildman–Crippen LogP) is 1.56. The number of terminal acetylenes is 1. The molecule has 1 aliphatic rings. The van der Waals surface area contributed by atoms with Crippen LogP contribution >= 0.6 is 0 Å². The zero-order valence-corrected chi connectivity index (χ0v) is 8.87. The summed E-state index contributed by atoms with van der Waals surface area (Å²) < 4.78 is 26.0. The maximum Gasteiger partial charge on any atom is 0.306 e. The van der Waals surface area contributed by atoms with Gasteiger partial charge in [0.15, 0.2) is 0 Å². The Labute approximate surface area is 92.5 Å². The number of rotatable bonds is 2. The summed E-state index contributed by atoms with van der Waals surface area (Å²) in [5.74, 6) is 2.74. The van der Waals surface area contributed by atoms with Crippen molar-refractivity contribution in [1.82, 2.24) is 14.9 Å². The van der Waals surface area contributed by atoms with E-state index in [0.29, 0.717) is 23.8 Å². The molecule has 0 unspecified atom stereocenters. The van der Waals surface area contributed by atoms with Crippen LogP contribution in [0.5, 0.6) is 0 Å². The van der Waals surface area contributed by atoms with Gasteiger partial charge in [0.05, 0.1) is 6.54 Å². The van der Waals surface area contributed by atoms with Gasteiger partial charge in [-0.1, -0.05) is 5.92 Å². The fourth-order valence-corrected chi connectivity index (χ4v) is 1.58. The monoisotopic (exact) mass is 223 g/mol. The second kappa shape index (κ2) is 3.80. The first-order valence-electron chi connectivity index (χ1n) is 4.95. The molecule has 0 atom stereocenters. The van der Waals surface area contributed by atoms with Gasteiger partial charge < -0.3 is 0 Å². The van der Waals surface area contributed by atoms with Crippen LogP contribution in [0.25, 0.3) is 0 Å². The lowest BCUT2D eigenvalue weighted by Crippen LogP contribution is -2.53. The molecule has 0 aliphatic carbocycles. The van der Waals surface area contributed by atoms with Gasteiger partial charge in [-0.05, 0) is 13.0 Å². The van der Waals surface area contributed by atoms with Crippen molar-refractivity contribution in [2.24, 2.45) is 0 Å². The topological polar surface area (TPSA) is 29.0 Å². The van der Waals surface area contributed by atoms with Crippen LogP contribution in [0.15, 0.2) is 6.07 Å². The van der Waals surface area contributed by atoms with E-state index in [1.165, 1.54) is 0 Å². The van der Waals surface area contributed by atoms with Crippen LogP contribution in [0.1, 0.15) is 23.6 Å². The molecule has 0 saturated carbocycles. The summed E-state index contributed by atoms with van der Waals surface area (Å²) >= 11 is 0. The van der Waals surface area contributed by atoms with E-state index in [0.717, 1.165) is 4.90 Å². The van der Waals surface area contributed by atoms with Crippen molar-refractivity contribution in [2.45, 2.75) is 25.9 Å². The fourth-order valence-electron chi connectivity index (χ4n) is 1.58. The van der Waals surface area contributed by atoms with Gasteiger partial charge in [-0.2, -0.15) is 8.78 Å². The summed E-state index contributed by atoms with van der Waals surface area (Å²) in [7, 11) is 0. The second-order valence-electron chi connectivity index (χ2n) is 3.79. The van der Waals surface area contributed by atoms with Crippen molar-refractivity contribution in [1.29, 1.82) is 0 Å². The second-order valence-corrected chi connectivity index (χ2v) is 3.79. The molecule has 0 amide bonds. The SMILES string of the molecule is C#Cc1cc(C)nc(CN2CCC2(F)F)n1. The largest absolute Gasteiger partial charge is 0.306 e. The third-order valence-corrected chi connectivity index (χ3v) is 2.53. The average molecular weight is 223 g/mol. The molecule has 0 aromatic carbocycles. The van der Waals surface area contributed by atoms with Gasteiger partial charge in [-0.25, -0.2) is 14.9 Å². The lowest BCUT2D eigenvalue weighted by Gasteiger charge is -2.39. The van der Waals surface area contributed by atoms with Crippen LogP contribution in [0.4, 0.5) is 8.78 Å². The van der Waals surface area contributed by atoms with Crippen molar-refractivity contribution in [3.8, 4) is 12.3 Å². The summed E-state index contributed by atoms with van der Waals surface area (Å²) in [5, 5.41) is 0. The highest BCUT2D eigenvalue weighted by Crippen LogP contribution is 2.34. The summed E-state index contributed by atoms with van der Waals surface area (Å²) in [6.07, 6.45) is 5.12. The zero-order chi connectivity index (χ0) is 11.8. The summed E-state index contributed by atoms with van der Waals surface area (Å²) in [6, 6.07) is -1.07. The molecular weight excluding hydrogens is 212 g/mol. The highest BCUT2D eigenvalue weighted by Gasteiger charge is 2.45. The third kappa shape index (κ3) is 2.02. The Bertz CT molecular complexity index is 451. The van der Waals surface area contributed by atoms with Crippen molar-refractivity contribution < 1.29 is 8.78 Å². The fraction of sp³-hybridized carbons (Fsp3) is 0.455. The van der Waals surface area contributed by atoms with E-state index in [1.807, 2.05) is 0 Å². The number of hydrogen-bond donors (Lipinski definition) is 0. The van der Waals surface area contributed by atoms with Gasteiger partial charge in [0.25, 0.3) is 0 Å². The first-order chi connectivity index (χ1) is 7.51. The molecule has 1 aromatic heterocycles. The van der Waals surface area contributed by atoms with Gasteiger partial charge in [-0.15, -0.1) is 6.42 Å². The maximum absolute atomic E-state index is 13.0. The molecule has 1 aromatic rings. The Kier molecular flexibility index (Phi) is 2.60. The number of nitrogens with zero attached hydrogens (tertiary/aromatic N) is 3. The molecule has 1 fully saturated rings. The number of alkyl halides is 2. The number of halogens is 2. The molecule has 5 heteroatoms. The summed E-state index contributed by atoms with van der Waals surface area (Å²) in [6.45, 7) is 2.18. The minimum absolute atomic E-state index is 0.0450. The molecule has 0 radical (unpaired) electrons. The number of aromatic nitrogens is 2. The van der Waals surface area contributed by atoms with Crippen molar-refractivity contribution >= 4 is 0 Å². The van der Waals surface area contributed by atoms with Crippen LogP contribution < -0.4 is 0 Å². The van der Waals surface area contributed by atoms with Crippen molar-refractivity contribution in [3.63, 3.8) is 0 Å². The van der Waals surface area contributed by atoms with Crippen LogP contribution in [-0.2, 0) is 6.54 Å². The van der Waals surface area contributed by atoms with Crippen LogP contribution in [0, 0.1) is 19.3 Å². The minimum atomic E-state index is -2.72. The van der Waals surface area contributed by atoms with Crippen molar-refractivity contribution in [2.75, 3.05) is 6.54 Å². The lowest BCUT2D eigenvalue weighted by molar-refractivity contribution is -0.221. The first kappa shape index (κ1) is 11.0. The highest BCUT2D eigenvalue weighted by atomic mass is 19.3. The Hall–Kier alpha value is -1.54. The zero-order valence-electron chi connectivity index (χ0n) is 8.87. The molecule has 0 bridgehead atoms. The van der Waals surface area contributed by atoms with E-state index in [-0.39, 0.29) is 13.0 Å². The molecule has 3 nitrogen and oxygen atoms in total. The number of aryl methyl sites for hydroxylation is 1. The summed E-state index contributed by atoms with van der Waals surface area (Å²) in [4.78, 5) is 9.15. The molecule has 2 rings (SSSR count). The van der Waals surface area contributed by atoms with Crippen LogP contribution in [0.2, 0.25) is 0 Å². The smallest absolute Gasteiger partial charge is 0.237 e.